The zero-order valence-corrected chi connectivity index (χ0v) is 12.2. The highest BCUT2D eigenvalue weighted by atomic mass is 79.9. The maximum absolute atomic E-state index is 10.00. The minimum absolute atomic E-state index is 0.366. The zero-order chi connectivity index (χ0) is 11.4. The molecule has 0 aromatic heterocycles. The van der Waals surface area contributed by atoms with E-state index in [-0.39, 0.29) is 6.10 Å². The molecule has 0 aliphatic rings. The van der Waals surface area contributed by atoms with Crippen molar-refractivity contribution in [3.8, 4) is 0 Å². The van der Waals surface area contributed by atoms with Crippen molar-refractivity contribution in [2.24, 2.45) is 5.92 Å². The first-order valence-corrected chi connectivity index (χ1v) is 6.72. The van der Waals surface area contributed by atoms with Crippen LogP contribution >= 0.6 is 31.9 Å². The van der Waals surface area contributed by atoms with Gasteiger partial charge in [-0.15, -0.1) is 0 Å². The first kappa shape index (κ1) is 13.2. The van der Waals surface area contributed by atoms with Gasteiger partial charge in [-0.3, -0.25) is 0 Å². The third-order valence-corrected chi connectivity index (χ3v) is 3.52. The lowest BCUT2D eigenvalue weighted by Crippen LogP contribution is -2.00. The van der Waals surface area contributed by atoms with E-state index in [1.165, 1.54) is 0 Å². The smallest absolute Gasteiger partial charge is 0.0801 e. The maximum atomic E-state index is 10.00. The third-order valence-electron chi connectivity index (χ3n) is 2.34. The second-order valence-electron chi connectivity index (χ2n) is 4.15. The summed E-state index contributed by atoms with van der Waals surface area (Å²) in [5.41, 5.74) is 0.971. The number of aliphatic hydroxyl groups excluding tert-OH is 1. The molecule has 0 radical (unpaired) electrons. The van der Waals surface area contributed by atoms with Crippen molar-refractivity contribution in [3.05, 3.63) is 32.7 Å². The number of benzene rings is 1. The van der Waals surface area contributed by atoms with Gasteiger partial charge in [-0.25, -0.2) is 0 Å². The van der Waals surface area contributed by atoms with Gasteiger partial charge in [0.2, 0.25) is 0 Å². The zero-order valence-electron chi connectivity index (χ0n) is 9.00. The Morgan fingerprint density at radius 1 is 1.20 bits per heavy atom. The van der Waals surface area contributed by atoms with Gasteiger partial charge in [-0.05, 0) is 36.5 Å². The molecule has 0 fully saturated rings. The third kappa shape index (κ3) is 4.25. The molecule has 0 saturated carbocycles. The van der Waals surface area contributed by atoms with Gasteiger partial charge in [-0.2, -0.15) is 0 Å². The molecular weight excluding hydrogens is 320 g/mol. The summed E-state index contributed by atoms with van der Waals surface area (Å²) in [6.45, 7) is 4.34. The molecule has 0 bridgehead atoms. The van der Waals surface area contributed by atoms with Crippen molar-refractivity contribution in [2.45, 2.75) is 32.8 Å². The largest absolute Gasteiger partial charge is 0.388 e. The van der Waals surface area contributed by atoms with Crippen LogP contribution in [0.5, 0.6) is 0 Å². The molecule has 1 atom stereocenters. The lowest BCUT2D eigenvalue weighted by atomic mass is 10.00. The van der Waals surface area contributed by atoms with Crippen molar-refractivity contribution in [1.82, 2.24) is 0 Å². The van der Waals surface area contributed by atoms with E-state index in [9.17, 15) is 5.11 Å². The SMILES string of the molecule is CC(C)CCC(O)c1ccc(Br)cc1Br. The Morgan fingerprint density at radius 3 is 2.40 bits per heavy atom. The van der Waals surface area contributed by atoms with Gasteiger partial charge >= 0.3 is 0 Å². The number of aliphatic hydroxyl groups is 1. The van der Waals surface area contributed by atoms with Crippen LogP contribution in [0.3, 0.4) is 0 Å². The maximum Gasteiger partial charge on any atom is 0.0801 e. The Kier molecular flexibility index (Phi) is 5.30. The van der Waals surface area contributed by atoms with Crippen LogP contribution in [0, 0.1) is 5.92 Å². The topological polar surface area (TPSA) is 20.2 Å². The quantitative estimate of drug-likeness (QED) is 0.846. The summed E-state index contributed by atoms with van der Waals surface area (Å²) in [6, 6.07) is 5.88. The summed E-state index contributed by atoms with van der Waals surface area (Å²) < 4.78 is 1.99. The lowest BCUT2D eigenvalue weighted by Gasteiger charge is -2.14. The fraction of sp³-hybridized carbons (Fsp3) is 0.500. The van der Waals surface area contributed by atoms with E-state index in [0.717, 1.165) is 27.4 Å². The van der Waals surface area contributed by atoms with Crippen molar-refractivity contribution in [1.29, 1.82) is 0 Å². The van der Waals surface area contributed by atoms with Crippen molar-refractivity contribution in [2.75, 3.05) is 0 Å². The molecule has 1 N–H and O–H groups in total. The molecule has 1 rings (SSSR count). The van der Waals surface area contributed by atoms with E-state index in [4.69, 9.17) is 0 Å². The summed E-state index contributed by atoms with van der Waals surface area (Å²) >= 11 is 6.86. The highest BCUT2D eigenvalue weighted by molar-refractivity contribution is 9.11. The van der Waals surface area contributed by atoms with Crippen LogP contribution in [0.15, 0.2) is 27.1 Å². The van der Waals surface area contributed by atoms with Gasteiger partial charge in [0, 0.05) is 8.95 Å². The Morgan fingerprint density at radius 2 is 1.87 bits per heavy atom. The second-order valence-corrected chi connectivity index (χ2v) is 5.92. The fourth-order valence-electron chi connectivity index (χ4n) is 1.42. The normalized spacial score (nSPS) is 13.2. The average molecular weight is 336 g/mol. The Hall–Kier alpha value is 0.140. The van der Waals surface area contributed by atoms with Gasteiger partial charge < -0.3 is 5.11 Å². The van der Waals surface area contributed by atoms with Crippen LogP contribution in [0.1, 0.15) is 38.4 Å². The Labute approximate surface area is 108 Å². The van der Waals surface area contributed by atoms with Gasteiger partial charge in [-0.1, -0.05) is 51.8 Å². The van der Waals surface area contributed by atoms with Crippen LogP contribution in [0.25, 0.3) is 0 Å². The van der Waals surface area contributed by atoms with E-state index in [2.05, 4.69) is 45.7 Å². The van der Waals surface area contributed by atoms with Crippen LogP contribution in [0.4, 0.5) is 0 Å². The predicted molar refractivity (Wildman–Crippen MR) is 70.9 cm³/mol. The molecule has 1 aromatic rings. The summed E-state index contributed by atoms with van der Waals surface area (Å²) in [5.74, 6) is 0.633. The van der Waals surface area contributed by atoms with Crippen LogP contribution < -0.4 is 0 Å². The molecule has 1 nitrogen and oxygen atoms in total. The van der Waals surface area contributed by atoms with Crippen molar-refractivity contribution >= 4 is 31.9 Å². The summed E-state index contributed by atoms with van der Waals surface area (Å²) in [6.07, 6.45) is 1.50. The number of halogens is 2. The predicted octanol–water partition coefficient (Wildman–Crippen LogP) is 4.68. The van der Waals surface area contributed by atoms with Crippen LogP contribution in [-0.2, 0) is 0 Å². The summed E-state index contributed by atoms with van der Waals surface area (Å²) in [7, 11) is 0. The molecule has 1 unspecified atom stereocenters. The van der Waals surface area contributed by atoms with Gasteiger partial charge in [0.05, 0.1) is 6.10 Å². The lowest BCUT2D eigenvalue weighted by molar-refractivity contribution is 0.158. The molecule has 0 saturated heterocycles. The molecule has 0 heterocycles. The number of hydrogen-bond acceptors (Lipinski definition) is 1. The molecule has 0 aliphatic carbocycles. The Balaban J connectivity index is 2.69. The summed E-state index contributed by atoms with van der Waals surface area (Å²) in [4.78, 5) is 0. The van der Waals surface area contributed by atoms with E-state index in [1.807, 2.05) is 18.2 Å². The molecule has 84 valence electrons. The van der Waals surface area contributed by atoms with Gasteiger partial charge in [0.1, 0.15) is 0 Å². The first-order chi connectivity index (χ1) is 7.00. The van der Waals surface area contributed by atoms with Gasteiger partial charge in [0.15, 0.2) is 0 Å². The molecular formula is C12H16Br2O. The van der Waals surface area contributed by atoms with E-state index in [0.29, 0.717) is 5.92 Å². The van der Waals surface area contributed by atoms with E-state index in [1.54, 1.807) is 0 Å². The van der Waals surface area contributed by atoms with Crippen LogP contribution in [0.2, 0.25) is 0 Å². The minimum Gasteiger partial charge on any atom is -0.388 e. The molecule has 0 amide bonds. The number of rotatable bonds is 4. The fourth-order valence-corrected chi connectivity index (χ4v) is 2.73. The number of hydrogen-bond donors (Lipinski definition) is 1. The van der Waals surface area contributed by atoms with E-state index >= 15 is 0 Å². The molecule has 0 spiro atoms. The molecule has 3 heteroatoms. The van der Waals surface area contributed by atoms with E-state index < -0.39 is 0 Å². The van der Waals surface area contributed by atoms with Crippen molar-refractivity contribution in [3.63, 3.8) is 0 Å². The molecule has 1 aromatic carbocycles. The second kappa shape index (κ2) is 6.02. The highest BCUT2D eigenvalue weighted by Gasteiger charge is 2.11. The molecule has 0 aliphatic heterocycles. The van der Waals surface area contributed by atoms with Crippen molar-refractivity contribution < 1.29 is 5.11 Å². The standard InChI is InChI=1S/C12H16Br2O/c1-8(2)3-6-12(15)10-5-4-9(13)7-11(10)14/h4-5,7-8,12,15H,3,6H2,1-2H3. The average Bonchev–Trinajstić information content (AvgIpc) is 2.14. The summed E-state index contributed by atoms with van der Waals surface area (Å²) in [5, 5.41) is 10.00. The van der Waals surface area contributed by atoms with Gasteiger partial charge in [0.25, 0.3) is 0 Å². The van der Waals surface area contributed by atoms with Crippen LogP contribution in [-0.4, -0.2) is 5.11 Å². The molecule has 15 heavy (non-hydrogen) atoms. The first-order valence-electron chi connectivity index (χ1n) is 5.13. The highest BCUT2D eigenvalue weighted by Crippen LogP contribution is 2.29. The Bertz CT molecular complexity index is 323. The monoisotopic (exact) mass is 334 g/mol. The minimum atomic E-state index is -0.366.